The fraction of sp³-hybridized carbons (Fsp3) is 0.267. The summed E-state index contributed by atoms with van der Waals surface area (Å²) >= 11 is 0. The smallest absolute Gasteiger partial charge is 0.0463 e. The van der Waals surface area contributed by atoms with Crippen LogP contribution in [0.15, 0.2) is 84.9 Å². The van der Waals surface area contributed by atoms with Crippen molar-refractivity contribution >= 4 is 22.1 Å². The van der Waals surface area contributed by atoms with E-state index in [0.717, 1.165) is 11.4 Å². The second-order valence-corrected chi connectivity index (χ2v) is 10.3. The first-order valence-electron chi connectivity index (χ1n) is 11.3. The highest BCUT2D eigenvalue weighted by molar-refractivity contribution is 5.95. The summed E-state index contributed by atoms with van der Waals surface area (Å²) in [5.41, 5.74) is 8.31. The largest absolute Gasteiger partial charge is 0.355 e. The van der Waals surface area contributed by atoms with Crippen LogP contribution in [0.25, 0.3) is 21.9 Å². The van der Waals surface area contributed by atoms with Gasteiger partial charge in [-0.1, -0.05) is 94.4 Å². The summed E-state index contributed by atoms with van der Waals surface area (Å²) in [6.07, 6.45) is 2.48. The zero-order valence-electron chi connectivity index (χ0n) is 19.0. The van der Waals surface area contributed by atoms with Gasteiger partial charge in [-0.2, -0.15) is 0 Å². The molecule has 0 saturated heterocycles. The normalized spacial score (nSPS) is 16.6. The average Bonchev–Trinajstić information content (AvgIpc) is 2.77. The summed E-state index contributed by atoms with van der Waals surface area (Å²) in [5.74, 6) is 0. The molecule has 0 amide bonds. The molecule has 0 atom stereocenters. The van der Waals surface area contributed by atoms with Gasteiger partial charge in [-0.3, -0.25) is 0 Å². The van der Waals surface area contributed by atoms with E-state index < -0.39 is 0 Å². The standard InChI is InChI=1S/C30H31N/c1-29(2)17-18-30(3,4)27-20-23(15-16-26(27)29)22-11-7-12-24(19-22)31-28-14-8-10-21-9-5-6-13-25(21)28/h5-16,19-20,31H,17-18H2,1-4H3. The van der Waals surface area contributed by atoms with Gasteiger partial charge < -0.3 is 5.32 Å². The van der Waals surface area contributed by atoms with Crippen molar-refractivity contribution in [3.8, 4) is 11.1 Å². The summed E-state index contributed by atoms with van der Waals surface area (Å²) in [7, 11) is 0. The van der Waals surface area contributed by atoms with Crippen molar-refractivity contribution in [3.63, 3.8) is 0 Å². The maximum Gasteiger partial charge on any atom is 0.0463 e. The fourth-order valence-corrected chi connectivity index (χ4v) is 5.03. The molecule has 0 saturated carbocycles. The van der Waals surface area contributed by atoms with E-state index in [1.807, 2.05) is 0 Å². The van der Waals surface area contributed by atoms with E-state index in [2.05, 4.69) is 118 Å². The van der Waals surface area contributed by atoms with E-state index >= 15 is 0 Å². The van der Waals surface area contributed by atoms with Gasteiger partial charge in [-0.15, -0.1) is 0 Å². The van der Waals surface area contributed by atoms with Crippen LogP contribution in [0.1, 0.15) is 51.7 Å². The number of anilines is 2. The molecule has 31 heavy (non-hydrogen) atoms. The molecule has 5 rings (SSSR count). The Hall–Kier alpha value is -3.06. The molecule has 1 aliphatic rings. The lowest BCUT2D eigenvalue weighted by Gasteiger charge is -2.42. The summed E-state index contributed by atoms with van der Waals surface area (Å²) in [6, 6.07) is 30.8. The molecule has 4 aromatic carbocycles. The summed E-state index contributed by atoms with van der Waals surface area (Å²) in [4.78, 5) is 0. The number of nitrogens with one attached hydrogen (secondary N) is 1. The van der Waals surface area contributed by atoms with Crippen molar-refractivity contribution in [3.05, 3.63) is 96.1 Å². The molecule has 1 nitrogen and oxygen atoms in total. The van der Waals surface area contributed by atoms with E-state index in [1.165, 1.54) is 45.9 Å². The predicted molar refractivity (Wildman–Crippen MR) is 134 cm³/mol. The van der Waals surface area contributed by atoms with E-state index in [0.29, 0.717) is 0 Å². The second kappa shape index (κ2) is 7.27. The van der Waals surface area contributed by atoms with Gasteiger partial charge in [0.1, 0.15) is 0 Å². The van der Waals surface area contributed by atoms with E-state index in [9.17, 15) is 0 Å². The number of fused-ring (bicyclic) bond motifs is 2. The van der Waals surface area contributed by atoms with E-state index in [4.69, 9.17) is 0 Å². The Morgan fingerprint density at radius 1 is 0.613 bits per heavy atom. The predicted octanol–water partition coefficient (Wildman–Crippen LogP) is 8.60. The second-order valence-electron chi connectivity index (χ2n) is 10.3. The van der Waals surface area contributed by atoms with Crippen LogP contribution < -0.4 is 5.32 Å². The van der Waals surface area contributed by atoms with Crippen molar-refractivity contribution in [1.82, 2.24) is 0 Å². The Morgan fingerprint density at radius 3 is 2.13 bits per heavy atom. The van der Waals surface area contributed by atoms with Crippen molar-refractivity contribution < 1.29 is 0 Å². The highest BCUT2D eigenvalue weighted by atomic mass is 14.9. The molecule has 0 unspecified atom stereocenters. The van der Waals surface area contributed by atoms with Gasteiger partial charge in [0, 0.05) is 16.8 Å². The van der Waals surface area contributed by atoms with Crippen LogP contribution >= 0.6 is 0 Å². The maximum absolute atomic E-state index is 3.65. The highest BCUT2D eigenvalue weighted by Gasteiger charge is 2.36. The number of rotatable bonds is 3. The molecule has 0 spiro atoms. The van der Waals surface area contributed by atoms with E-state index in [1.54, 1.807) is 0 Å². The average molecular weight is 406 g/mol. The van der Waals surface area contributed by atoms with Gasteiger partial charge in [0.25, 0.3) is 0 Å². The molecule has 0 bridgehead atoms. The summed E-state index contributed by atoms with van der Waals surface area (Å²) in [6.45, 7) is 9.55. The van der Waals surface area contributed by atoms with Gasteiger partial charge in [0.2, 0.25) is 0 Å². The SMILES string of the molecule is CC1(C)CCC(C)(C)c2cc(-c3cccc(Nc4cccc5ccccc45)c3)ccc21. The third-order valence-electron chi connectivity index (χ3n) is 7.12. The fourth-order valence-electron chi connectivity index (χ4n) is 5.03. The maximum atomic E-state index is 3.65. The lowest BCUT2D eigenvalue weighted by molar-refractivity contribution is 0.332. The molecule has 4 aromatic rings. The third-order valence-corrected chi connectivity index (χ3v) is 7.12. The van der Waals surface area contributed by atoms with Crippen molar-refractivity contribution in [2.45, 2.75) is 51.4 Å². The zero-order chi connectivity index (χ0) is 21.6. The minimum Gasteiger partial charge on any atom is -0.355 e. The first-order chi connectivity index (χ1) is 14.8. The van der Waals surface area contributed by atoms with Crippen molar-refractivity contribution in [2.75, 3.05) is 5.32 Å². The van der Waals surface area contributed by atoms with E-state index in [-0.39, 0.29) is 10.8 Å². The number of hydrogen-bond donors (Lipinski definition) is 1. The Morgan fingerprint density at radius 2 is 1.29 bits per heavy atom. The molecule has 156 valence electrons. The Balaban J connectivity index is 1.53. The Labute approximate surface area is 186 Å². The Bertz CT molecular complexity index is 1260. The molecule has 0 aromatic heterocycles. The van der Waals surface area contributed by atoms with Crippen LogP contribution in [0.3, 0.4) is 0 Å². The van der Waals surface area contributed by atoms with Gasteiger partial charge in [0.05, 0.1) is 0 Å². The van der Waals surface area contributed by atoms with Gasteiger partial charge in [-0.25, -0.2) is 0 Å². The monoisotopic (exact) mass is 405 g/mol. The minimum atomic E-state index is 0.222. The molecule has 0 fully saturated rings. The van der Waals surface area contributed by atoms with Gasteiger partial charge in [0.15, 0.2) is 0 Å². The third kappa shape index (κ3) is 3.63. The first kappa shape index (κ1) is 19.9. The topological polar surface area (TPSA) is 12.0 Å². The molecule has 0 heterocycles. The first-order valence-corrected chi connectivity index (χ1v) is 11.3. The van der Waals surface area contributed by atoms with Gasteiger partial charge in [-0.05, 0) is 69.5 Å². The number of hydrogen-bond acceptors (Lipinski definition) is 1. The quantitative estimate of drug-likeness (QED) is 0.360. The summed E-state index contributed by atoms with van der Waals surface area (Å²) < 4.78 is 0. The summed E-state index contributed by atoms with van der Waals surface area (Å²) in [5, 5.41) is 6.15. The molecule has 0 radical (unpaired) electrons. The van der Waals surface area contributed by atoms with Gasteiger partial charge >= 0.3 is 0 Å². The van der Waals surface area contributed by atoms with Crippen LogP contribution in [-0.4, -0.2) is 0 Å². The molecule has 1 heteroatoms. The van der Waals surface area contributed by atoms with Crippen molar-refractivity contribution in [1.29, 1.82) is 0 Å². The number of benzene rings is 4. The van der Waals surface area contributed by atoms with Crippen LogP contribution in [0.2, 0.25) is 0 Å². The van der Waals surface area contributed by atoms with Crippen LogP contribution in [0.5, 0.6) is 0 Å². The molecule has 1 N–H and O–H groups in total. The Kier molecular flexibility index (Phi) is 4.66. The minimum absolute atomic E-state index is 0.222. The van der Waals surface area contributed by atoms with Crippen LogP contribution in [0, 0.1) is 0 Å². The lowest BCUT2D eigenvalue weighted by atomic mass is 9.63. The molecular formula is C30H31N. The van der Waals surface area contributed by atoms with Crippen molar-refractivity contribution in [2.24, 2.45) is 0 Å². The zero-order valence-corrected chi connectivity index (χ0v) is 19.0. The molecule has 1 aliphatic carbocycles. The molecular weight excluding hydrogens is 374 g/mol. The van der Waals surface area contributed by atoms with Crippen LogP contribution in [0.4, 0.5) is 11.4 Å². The van der Waals surface area contributed by atoms with Crippen LogP contribution in [-0.2, 0) is 10.8 Å². The molecule has 0 aliphatic heterocycles. The highest BCUT2D eigenvalue weighted by Crippen LogP contribution is 2.46. The lowest BCUT2D eigenvalue weighted by Crippen LogP contribution is -2.33.